The summed E-state index contributed by atoms with van der Waals surface area (Å²) in [5.41, 5.74) is 5.37. The van der Waals surface area contributed by atoms with Crippen LogP contribution in [0.3, 0.4) is 0 Å². The molecule has 0 saturated carbocycles. The Balaban J connectivity index is 1.70. The van der Waals surface area contributed by atoms with Gasteiger partial charge in [-0.15, -0.1) is 11.3 Å². The molecule has 5 rings (SSSR count). The van der Waals surface area contributed by atoms with Crippen molar-refractivity contribution in [3.63, 3.8) is 0 Å². The van der Waals surface area contributed by atoms with Crippen molar-refractivity contribution in [3.8, 4) is 11.1 Å². The summed E-state index contributed by atoms with van der Waals surface area (Å²) in [4.78, 5) is 15.7. The van der Waals surface area contributed by atoms with Crippen LogP contribution >= 0.6 is 11.3 Å². The molecule has 4 aromatic rings. The van der Waals surface area contributed by atoms with Crippen molar-refractivity contribution in [1.82, 2.24) is 15.0 Å². The van der Waals surface area contributed by atoms with E-state index in [4.69, 9.17) is 9.47 Å². The summed E-state index contributed by atoms with van der Waals surface area (Å²) in [5.74, 6) is 0. The zero-order valence-electron chi connectivity index (χ0n) is 16.7. The summed E-state index contributed by atoms with van der Waals surface area (Å²) in [6.07, 6.45) is 5.09. The van der Waals surface area contributed by atoms with Crippen molar-refractivity contribution < 1.29 is 9.47 Å². The van der Waals surface area contributed by atoms with E-state index in [9.17, 15) is 0 Å². The number of rotatable bonds is 5. The average Bonchev–Trinajstić information content (AvgIpc) is 3.34. The van der Waals surface area contributed by atoms with Gasteiger partial charge < -0.3 is 14.4 Å². The van der Waals surface area contributed by atoms with Crippen molar-refractivity contribution in [2.45, 2.75) is 6.10 Å². The van der Waals surface area contributed by atoms with Crippen LogP contribution in [0.4, 0.5) is 5.69 Å². The van der Waals surface area contributed by atoms with Crippen molar-refractivity contribution in [2.75, 3.05) is 38.3 Å². The first kappa shape index (κ1) is 19.1. The fraction of sp³-hybridized carbons (Fsp3) is 0.261. The average molecular weight is 419 g/mol. The van der Waals surface area contributed by atoms with Crippen LogP contribution in [0.15, 0.2) is 60.5 Å². The van der Waals surface area contributed by atoms with E-state index in [1.807, 2.05) is 23.8 Å². The summed E-state index contributed by atoms with van der Waals surface area (Å²) in [7, 11) is 1.73. The molecule has 0 aliphatic carbocycles. The number of anilines is 1. The van der Waals surface area contributed by atoms with Crippen molar-refractivity contribution in [2.24, 2.45) is 0 Å². The summed E-state index contributed by atoms with van der Waals surface area (Å²) in [6.45, 7) is 3.22. The molecular weight excluding hydrogens is 396 g/mol. The molecule has 1 aliphatic rings. The Morgan fingerprint density at radius 1 is 1.10 bits per heavy atom. The molecule has 0 bridgehead atoms. The molecule has 152 valence electrons. The maximum absolute atomic E-state index is 5.89. The lowest BCUT2D eigenvalue weighted by molar-refractivity contribution is 0.122. The normalized spacial score (nSPS) is 15.4. The van der Waals surface area contributed by atoms with Gasteiger partial charge in [-0.05, 0) is 28.8 Å². The Hall–Kier alpha value is -2.87. The van der Waals surface area contributed by atoms with Gasteiger partial charge in [0, 0.05) is 49.0 Å². The molecule has 0 spiro atoms. The number of benzene rings is 2. The second-order valence-electron chi connectivity index (χ2n) is 7.12. The summed E-state index contributed by atoms with van der Waals surface area (Å²) in [5, 5.41) is 3.94. The van der Waals surface area contributed by atoms with Crippen LogP contribution in [0.5, 0.6) is 0 Å². The number of hydrogen-bond acceptors (Lipinski definition) is 7. The third-order valence-electron chi connectivity index (χ3n) is 5.43. The molecule has 0 N–H and O–H groups in total. The van der Waals surface area contributed by atoms with Crippen molar-refractivity contribution in [1.29, 1.82) is 0 Å². The molecule has 30 heavy (non-hydrogen) atoms. The van der Waals surface area contributed by atoms with Gasteiger partial charge in [-0.25, -0.2) is 15.0 Å². The highest BCUT2D eigenvalue weighted by Crippen LogP contribution is 2.39. The number of fused-ring (bicyclic) bond motifs is 1. The summed E-state index contributed by atoms with van der Waals surface area (Å²) >= 11 is 1.60. The second kappa shape index (κ2) is 8.47. The molecule has 1 aliphatic heterocycles. The van der Waals surface area contributed by atoms with Gasteiger partial charge in [-0.2, -0.15) is 0 Å². The topological polar surface area (TPSA) is 60.4 Å². The lowest BCUT2D eigenvalue weighted by Gasteiger charge is -2.29. The van der Waals surface area contributed by atoms with E-state index in [0.29, 0.717) is 0 Å². The van der Waals surface area contributed by atoms with Crippen LogP contribution < -0.4 is 4.90 Å². The van der Waals surface area contributed by atoms with Crippen LogP contribution in [0, 0.1) is 0 Å². The minimum Gasteiger partial charge on any atom is -0.378 e. The highest BCUT2D eigenvalue weighted by atomic mass is 32.1. The van der Waals surface area contributed by atoms with E-state index in [0.717, 1.165) is 64.6 Å². The van der Waals surface area contributed by atoms with Crippen molar-refractivity contribution in [3.05, 3.63) is 71.1 Å². The number of aromatic nitrogens is 3. The number of hydrogen-bond donors (Lipinski definition) is 0. The molecule has 1 saturated heterocycles. The Morgan fingerprint density at radius 3 is 2.77 bits per heavy atom. The first-order valence-electron chi connectivity index (χ1n) is 9.93. The highest BCUT2D eigenvalue weighted by molar-refractivity contribution is 7.09. The molecule has 7 heteroatoms. The molecular formula is C23H22N4O2S. The SMILES string of the molecule is COC(c1nccs1)c1ccccc1-c1cc(N2CCOCC2)cc2ncncc12. The van der Waals surface area contributed by atoms with Crippen LogP contribution in [-0.4, -0.2) is 48.4 Å². The lowest BCUT2D eigenvalue weighted by atomic mass is 9.93. The van der Waals surface area contributed by atoms with E-state index < -0.39 is 0 Å². The molecule has 0 amide bonds. The molecule has 2 aromatic carbocycles. The molecule has 1 fully saturated rings. The summed E-state index contributed by atoms with van der Waals surface area (Å²) in [6, 6.07) is 12.7. The predicted octanol–water partition coefficient (Wildman–Crippen LogP) is 4.33. The molecule has 6 nitrogen and oxygen atoms in total. The van der Waals surface area contributed by atoms with E-state index in [1.165, 1.54) is 0 Å². The first-order valence-corrected chi connectivity index (χ1v) is 10.8. The van der Waals surface area contributed by atoms with Gasteiger partial charge in [0.2, 0.25) is 0 Å². The molecule has 1 atom stereocenters. The van der Waals surface area contributed by atoms with Crippen molar-refractivity contribution >= 4 is 27.9 Å². The van der Waals surface area contributed by atoms with Gasteiger partial charge in [-0.1, -0.05) is 24.3 Å². The van der Waals surface area contributed by atoms with Crippen LogP contribution in [0.25, 0.3) is 22.0 Å². The maximum Gasteiger partial charge on any atom is 0.134 e. The quantitative estimate of drug-likeness (QED) is 0.481. The number of morpholine rings is 1. The summed E-state index contributed by atoms with van der Waals surface area (Å²) < 4.78 is 11.4. The number of thiazole rings is 1. The van der Waals surface area contributed by atoms with Gasteiger partial charge in [0.25, 0.3) is 0 Å². The minimum atomic E-state index is -0.229. The molecule has 2 aromatic heterocycles. The zero-order chi connectivity index (χ0) is 20.3. The monoisotopic (exact) mass is 418 g/mol. The predicted molar refractivity (Wildman–Crippen MR) is 119 cm³/mol. The zero-order valence-corrected chi connectivity index (χ0v) is 17.5. The first-order chi connectivity index (χ1) is 14.8. The maximum atomic E-state index is 5.89. The standard InChI is InChI=1S/C23H22N4O2S/c1-28-22(23-25-6-11-30-23)18-5-3-2-4-17(18)19-12-16(27-7-9-29-10-8-27)13-21-20(19)14-24-15-26-21/h2-6,11-15,22H,7-10H2,1H3. The Kier molecular flexibility index (Phi) is 5.40. The third-order valence-corrected chi connectivity index (χ3v) is 6.25. The fourth-order valence-electron chi connectivity index (χ4n) is 3.99. The van der Waals surface area contributed by atoms with E-state index in [1.54, 1.807) is 24.8 Å². The third kappa shape index (κ3) is 3.56. The Labute approximate surface area is 179 Å². The van der Waals surface area contributed by atoms with E-state index in [-0.39, 0.29) is 6.10 Å². The molecule has 0 radical (unpaired) electrons. The molecule has 1 unspecified atom stereocenters. The Bertz CT molecular complexity index is 1140. The van der Waals surface area contributed by atoms with Gasteiger partial charge in [0.05, 0.1) is 18.7 Å². The van der Waals surface area contributed by atoms with E-state index in [2.05, 4.69) is 50.2 Å². The van der Waals surface area contributed by atoms with Gasteiger partial charge in [0.1, 0.15) is 17.4 Å². The van der Waals surface area contributed by atoms with Crippen LogP contribution in [0.2, 0.25) is 0 Å². The number of nitrogens with zero attached hydrogens (tertiary/aromatic N) is 4. The van der Waals surface area contributed by atoms with Crippen LogP contribution in [-0.2, 0) is 9.47 Å². The smallest absolute Gasteiger partial charge is 0.134 e. The second-order valence-corrected chi connectivity index (χ2v) is 8.05. The largest absolute Gasteiger partial charge is 0.378 e. The number of ether oxygens (including phenoxy) is 2. The van der Waals surface area contributed by atoms with Gasteiger partial charge >= 0.3 is 0 Å². The lowest BCUT2D eigenvalue weighted by Crippen LogP contribution is -2.36. The van der Waals surface area contributed by atoms with E-state index >= 15 is 0 Å². The number of methoxy groups -OCH3 is 1. The van der Waals surface area contributed by atoms with Gasteiger partial charge in [0.15, 0.2) is 0 Å². The minimum absolute atomic E-state index is 0.229. The fourth-order valence-corrected chi connectivity index (χ4v) is 4.72. The van der Waals surface area contributed by atoms with Gasteiger partial charge in [-0.3, -0.25) is 0 Å². The Morgan fingerprint density at radius 2 is 1.97 bits per heavy atom. The molecule has 3 heterocycles. The van der Waals surface area contributed by atoms with Crippen LogP contribution in [0.1, 0.15) is 16.7 Å². The highest BCUT2D eigenvalue weighted by Gasteiger charge is 2.22.